The molecular weight excluding hydrogens is 382 g/mol. The van der Waals surface area contributed by atoms with Crippen LogP contribution in [0.15, 0.2) is 5.51 Å². The molecule has 6 nitrogen and oxygen atoms in total. The van der Waals surface area contributed by atoms with Crippen LogP contribution in [0, 0.1) is 5.41 Å². The number of hydrogen-bond acceptors (Lipinski definition) is 6. The first kappa shape index (κ1) is 20.9. The number of ether oxygens (including phenoxy) is 1. The molecule has 0 saturated carbocycles. The van der Waals surface area contributed by atoms with Crippen molar-refractivity contribution < 1.29 is 14.1 Å². The van der Waals surface area contributed by atoms with Gasteiger partial charge in [0.2, 0.25) is 0 Å². The number of carbonyl (C=O) groups is 1. The number of aromatic nitrogens is 1. The third-order valence-corrected chi connectivity index (χ3v) is 7.76. The molecule has 0 bridgehead atoms. The Morgan fingerprint density at radius 1 is 1.33 bits per heavy atom. The molecule has 0 radical (unpaired) electrons. The summed E-state index contributed by atoms with van der Waals surface area (Å²) < 4.78 is 21.4. The van der Waals surface area contributed by atoms with Crippen LogP contribution in [0.5, 0.6) is 0 Å². The molecule has 8 heteroatoms. The van der Waals surface area contributed by atoms with Gasteiger partial charge in [0.25, 0.3) is 0 Å². The van der Waals surface area contributed by atoms with E-state index in [0.29, 0.717) is 13.1 Å². The standard InChI is InChI=1S/C19H31N3O3S2/c1-17(2,3)25-16(23)22-9-7-19(8-10-22)11-13-14(26-12-20-13)15(19)21-27(24)18(4,5)6/h12,15,21H,7-11H2,1-6H3/t15-,27?/m0/s1. The largest absolute Gasteiger partial charge is 0.598 e. The van der Waals surface area contributed by atoms with Crippen LogP contribution in [-0.2, 0) is 22.5 Å². The van der Waals surface area contributed by atoms with Crippen molar-refractivity contribution in [3.05, 3.63) is 16.1 Å². The molecule has 1 aromatic rings. The zero-order valence-corrected chi connectivity index (χ0v) is 18.8. The topological polar surface area (TPSA) is 77.5 Å². The molecule has 27 heavy (non-hydrogen) atoms. The van der Waals surface area contributed by atoms with Crippen molar-refractivity contribution in [2.24, 2.45) is 5.41 Å². The summed E-state index contributed by atoms with van der Waals surface area (Å²) in [4.78, 5) is 20.0. The van der Waals surface area contributed by atoms with E-state index in [9.17, 15) is 9.35 Å². The number of hydrogen-bond donors (Lipinski definition) is 1. The van der Waals surface area contributed by atoms with Gasteiger partial charge in [-0.2, -0.15) is 0 Å². The summed E-state index contributed by atoms with van der Waals surface area (Å²) in [5.41, 5.74) is 2.48. The average Bonchev–Trinajstić information content (AvgIpc) is 3.07. The molecule has 1 N–H and O–H groups in total. The van der Waals surface area contributed by atoms with Crippen molar-refractivity contribution in [2.75, 3.05) is 13.1 Å². The van der Waals surface area contributed by atoms with E-state index in [2.05, 4.69) is 9.71 Å². The number of piperidine rings is 1. The maximum absolute atomic E-state index is 12.8. The van der Waals surface area contributed by atoms with Gasteiger partial charge in [-0.25, -0.2) is 9.78 Å². The normalized spacial score (nSPS) is 23.4. The molecule has 2 aliphatic rings. The van der Waals surface area contributed by atoms with Crippen molar-refractivity contribution in [3.63, 3.8) is 0 Å². The number of carbonyl (C=O) groups excluding carboxylic acids is 1. The number of nitrogens with zero attached hydrogens (tertiary/aromatic N) is 2. The molecule has 1 spiro atoms. The van der Waals surface area contributed by atoms with Crippen LogP contribution in [0.3, 0.4) is 0 Å². The summed E-state index contributed by atoms with van der Waals surface area (Å²) in [5.74, 6) is 0. The SMILES string of the molecule is CC(C)(C)OC(=O)N1CCC2(CC1)Cc1ncsc1[C@@H]2N[S+]([O-])C(C)(C)C. The molecule has 2 atom stereocenters. The highest BCUT2D eigenvalue weighted by molar-refractivity contribution is 7.90. The smallest absolute Gasteiger partial charge is 0.410 e. The van der Waals surface area contributed by atoms with Crippen LogP contribution in [0.1, 0.15) is 71.0 Å². The number of amides is 1. The second-order valence-electron chi connectivity index (χ2n) is 9.60. The third-order valence-electron chi connectivity index (χ3n) is 5.26. The van der Waals surface area contributed by atoms with Crippen molar-refractivity contribution in [1.29, 1.82) is 0 Å². The van der Waals surface area contributed by atoms with Gasteiger partial charge < -0.3 is 14.2 Å². The highest BCUT2D eigenvalue weighted by atomic mass is 32.2. The summed E-state index contributed by atoms with van der Waals surface area (Å²) in [5, 5.41) is 0. The van der Waals surface area contributed by atoms with E-state index in [1.165, 1.54) is 4.88 Å². The highest BCUT2D eigenvalue weighted by Gasteiger charge is 2.52. The monoisotopic (exact) mass is 413 g/mol. The molecular formula is C19H31N3O3S2. The number of rotatable bonds is 2. The summed E-state index contributed by atoms with van der Waals surface area (Å²) in [7, 11) is 0. The molecule has 1 aliphatic heterocycles. The molecule has 2 heterocycles. The Morgan fingerprint density at radius 2 is 1.96 bits per heavy atom. The van der Waals surface area contributed by atoms with Gasteiger partial charge in [-0.15, -0.1) is 16.1 Å². The van der Waals surface area contributed by atoms with Gasteiger partial charge in [-0.05, 0) is 60.8 Å². The van der Waals surface area contributed by atoms with Gasteiger partial charge in [-0.1, -0.05) is 0 Å². The lowest BCUT2D eigenvalue weighted by Crippen LogP contribution is -2.51. The van der Waals surface area contributed by atoms with Crippen LogP contribution in [0.4, 0.5) is 4.79 Å². The Kier molecular flexibility index (Phi) is 5.58. The minimum Gasteiger partial charge on any atom is -0.598 e. The Hall–Kier alpha value is -0.830. The number of thiazole rings is 1. The fourth-order valence-corrected chi connectivity index (χ4v) is 5.76. The molecule has 1 saturated heterocycles. The number of nitrogens with one attached hydrogen (secondary N) is 1. The maximum atomic E-state index is 12.8. The third kappa shape index (κ3) is 4.44. The Balaban J connectivity index is 1.73. The van der Waals surface area contributed by atoms with Gasteiger partial charge in [0.1, 0.15) is 10.3 Å². The average molecular weight is 414 g/mol. The first-order valence-corrected chi connectivity index (χ1v) is 11.5. The molecule has 1 fully saturated rings. The quantitative estimate of drug-likeness (QED) is 0.746. The van der Waals surface area contributed by atoms with E-state index in [1.54, 1.807) is 16.2 Å². The van der Waals surface area contributed by atoms with Gasteiger partial charge in [-0.3, -0.25) is 0 Å². The molecule has 3 rings (SSSR count). The zero-order valence-electron chi connectivity index (χ0n) is 17.1. The first-order valence-electron chi connectivity index (χ1n) is 9.50. The lowest BCUT2D eigenvalue weighted by Gasteiger charge is -2.43. The number of likely N-dealkylation sites (tertiary alicyclic amines) is 1. The fourth-order valence-electron chi connectivity index (χ4n) is 3.75. The van der Waals surface area contributed by atoms with E-state index in [-0.39, 0.29) is 22.3 Å². The Labute approximate surface area is 169 Å². The molecule has 1 amide bonds. The van der Waals surface area contributed by atoms with E-state index in [1.807, 2.05) is 47.1 Å². The second-order valence-corrected chi connectivity index (χ2v) is 12.5. The van der Waals surface area contributed by atoms with E-state index >= 15 is 0 Å². The minimum atomic E-state index is -1.15. The second kappa shape index (κ2) is 7.21. The Morgan fingerprint density at radius 3 is 2.52 bits per heavy atom. The predicted octanol–water partition coefficient (Wildman–Crippen LogP) is 3.81. The van der Waals surface area contributed by atoms with Crippen molar-refractivity contribution in [2.45, 2.75) is 77.2 Å². The van der Waals surface area contributed by atoms with Gasteiger partial charge in [0.05, 0.1) is 17.2 Å². The highest BCUT2D eigenvalue weighted by Crippen LogP contribution is 2.53. The summed E-state index contributed by atoms with van der Waals surface area (Å²) >= 11 is 0.489. The summed E-state index contributed by atoms with van der Waals surface area (Å²) in [6, 6.07) is 0.0286. The molecule has 1 unspecified atom stereocenters. The lowest BCUT2D eigenvalue weighted by molar-refractivity contribution is 0.00718. The van der Waals surface area contributed by atoms with Gasteiger partial charge in [0.15, 0.2) is 0 Å². The predicted molar refractivity (Wildman–Crippen MR) is 109 cm³/mol. The number of fused-ring (bicyclic) bond motifs is 1. The van der Waals surface area contributed by atoms with Gasteiger partial charge >= 0.3 is 6.09 Å². The van der Waals surface area contributed by atoms with E-state index < -0.39 is 17.0 Å². The van der Waals surface area contributed by atoms with E-state index in [0.717, 1.165) is 25.0 Å². The van der Waals surface area contributed by atoms with Crippen molar-refractivity contribution in [1.82, 2.24) is 14.6 Å². The van der Waals surface area contributed by atoms with E-state index in [4.69, 9.17) is 4.74 Å². The lowest BCUT2D eigenvalue weighted by atomic mass is 9.74. The Bertz CT molecular complexity index is 685. The maximum Gasteiger partial charge on any atom is 0.410 e. The van der Waals surface area contributed by atoms with Crippen LogP contribution in [0.2, 0.25) is 0 Å². The molecule has 0 aromatic carbocycles. The van der Waals surface area contributed by atoms with Gasteiger partial charge in [0, 0.05) is 34.7 Å². The van der Waals surface area contributed by atoms with Crippen LogP contribution in [-0.4, -0.2) is 44.0 Å². The van der Waals surface area contributed by atoms with Crippen LogP contribution >= 0.6 is 11.3 Å². The molecule has 1 aromatic heterocycles. The summed E-state index contributed by atoms with van der Waals surface area (Å²) in [6.07, 6.45) is 2.35. The molecule has 1 aliphatic carbocycles. The van der Waals surface area contributed by atoms with Crippen molar-refractivity contribution >= 4 is 28.8 Å². The zero-order chi connectivity index (χ0) is 20.0. The van der Waals surface area contributed by atoms with Crippen molar-refractivity contribution in [3.8, 4) is 0 Å². The minimum absolute atomic E-state index is 0.0286. The molecule has 152 valence electrons. The first-order chi connectivity index (χ1) is 12.4. The van der Waals surface area contributed by atoms with Crippen LogP contribution < -0.4 is 4.72 Å². The van der Waals surface area contributed by atoms with Crippen LogP contribution in [0.25, 0.3) is 0 Å². The summed E-state index contributed by atoms with van der Waals surface area (Å²) in [6.45, 7) is 12.9. The fraction of sp³-hybridized carbons (Fsp3) is 0.789.